The molecule has 1 rings (SSSR count). The Bertz CT molecular complexity index is 373. The summed E-state index contributed by atoms with van der Waals surface area (Å²) in [6, 6.07) is 2.13. The Balaban J connectivity index is 3.21. The molecule has 0 heterocycles. The summed E-state index contributed by atoms with van der Waals surface area (Å²) in [4.78, 5) is 11.3. The molecule has 0 aliphatic carbocycles. The van der Waals surface area contributed by atoms with Gasteiger partial charge in [0.1, 0.15) is 5.88 Å². The van der Waals surface area contributed by atoms with Crippen molar-refractivity contribution in [2.45, 2.75) is 27.7 Å². The highest BCUT2D eigenvalue weighted by atomic mass is 35.5. The van der Waals surface area contributed by atoms with E-state index in [2.05, 4.69) is 11.4 Å². The number of carbonyl (C=O) groups is 1. The number of anilines is 1. The Morgan fingerprint density at radius 1 is 1.20 bits per heavy atom. The van der Waals surface area contributed by atoms with E-state index < -0.39 is 0 Å². The minimum atomic E-state index is -0.159. The number of rotatable bonds is 2. The molecule has 82 valence electrons. The number of amides is 1. The van der Waals surface area contributed by atoms with Crippen molar-refractivity contribution in [1.82, 2.24) is 0 Å². The highest BCUT2D eigenvalue weighted by Crippen LogP contribution is 2.26. The average Bonchev–Trinajstić information content (AvgIpc) is 2.21. The second-order valence-corrected chi connectivity index (χ2v) is 4.08. The molecule has 0 aliphatic rings. The number of halogens is 1. The van der Waals surface area contributed by atoms with Crippen molar-refractivity contribution in [3.8, 4) is 0 Å². The molecule has 1 aromatic rings. The summed E-state index contributed by atoms with van der Waals surface area (Å²) in [7, 11) is 0. The first-order valence-corrected chi connectivity index (χ1v) is 5.44. The van der Waals surface area contributed by atoms with Gasteiger partial charge in [-0.3, -0.25) is 4.79 Å². The first kappa shape index (κ1) is 12.1. The molecule has 2 nitrogen and oxygen atoms in total. The maximum absolute atomic E-state index is 11.3. The van der Waals surface area contributed by atoms with Crippen molar-refractivity contribution >= 4 is 23.2 Å². The van der Waals surface area contributed by atoms with Gasteiger partial charge in [0.15, 0.2) is 0 Å². The highest BCUT2D eigenvalue weighted by Gasteiger charge is 2.10. The Hall–Kier alpha value is -1.02. The number of hydrogen-bond acceptors (Lipinski definition) is 1. The first-order valence-electron chi connectivity index (χ1n) is 4.90. The summed E-state index contributed by atoms with van der Waals surface area (Å²) in [5.41, 5.74) is 5.48. The van der Waals surface area contributed by atoms with Gasteiger partial charge in [0.2, 0.25) is 5.91 Å². The van der Waals surface area contributed by atoms with Crippen LogP contribution >= 0.6 is 11.6 Å². The van der Waals surface area contributed by atoms with E-state index in [1.807, 2.05) is 27.7 Å². The quantitative estimate of drug-likeness (QED) is 0.770. The summed E-state index contributed by atoms with van der Waals surface area (Å²) in [6.45, 7) is 8.09. The lowest BCUT2D eigenvalue weighted by Crippen LogP contribution is -2.15. The van der Waals surface area contributed by atoms with E-state index in [1.54, 1.807) is 0 Å². The summed E-state index contributed by atoms with van der Waals surface area (Å²) in [5.74, 6) is -0.167. The SMILES string of the molecule is Cc1cc(C)c(C)c(NC(=O)CCl)c1C. The van der Waals surface area contributed by atoms with Gasteiger partial charge in [0.25, 0.3) is 0 Å². The molecule has 0 aliphatic heterocycles. The van der Waals surface area contributed by atoms with Gasteiger partial charge in [-0.2, -0.15) is 0 Å². The molecule has 0 radical (unpaired) electrons. The topological polar surface area (TPSA) is 29.1 Å². The maximum atomic E-state index is 11.3. The molecule has 0 unspecified atom stereocenters. The van der Waals surface area contributed by atoms with Crippen molar-refractivity contribution < 1.29 is 4.79 Å². The van der Waals surface area contributed by atoms with Crippen LogP contribution in [0.3, 0.4) is 0 Å². The predicted octanol–water partition coefficient (Wildman–Crippen LogP) is 3.10. The van der Waals surface area contributed by atoms with E-state index in [0.717, 1.165) is 16.8 Å². The number of hydrogen-bond donors (Lipinski definition) is 1. The van der Waals surface area contributed by atoms with Crippen LogP contribution in [-0.4, -0.2) is 11.8 Å². The molecular weight excluding hydrogens is 210 g/mol. The van der Waals surface area contributed by atoms with Crippen LogP contribution in [0.25, 0.3) is 0 Å². The second-order valence-electron chi connectivity index (χ2n) is 3.82. The monoisotopic (exact) mass is 225 g/mol. The fourth-order valence-electron chi connectivity index (χ4n) is 1.58. The Morgan fingerprint density at radius 3 is 2.07 bits per heavy atom. The number of alkyl halides is 1. The fourth-order valence-corrected chi connectivity index (χ4v) is 1.64. The van der Waals surface area contributed by atoms with Gasteiger partial charge in [-0.15, -0.1) is 11.6 Å². The second kappa shape index (κ2) is 4.67. The van der Waals surface area contributed by atoms with Crippen LogP contribution in [0.15, 0.2) is 6.07 Å². The van der Waals surface area contributed by atoms with Crippen LogP contribution in [0, 0.1) is 27.7 Å². The smallest absolute Gasteiger partial charge is 0.239 e. The van der Waals surface area contributed by atoms with E-state index in [-0.39, 0.29) is 11.8 Å². The summed E-state index contributed by atoms with van der Waals surface area (Å²) in [5, 5.41) is 2.84. The van der Waals surface area contributed by atoms with Gasteiger partial charge in [0, 0.05) is 5.69 Å². The molecule has 15 heavy (non-hydrogen) atoms. The molecule has 0 bridgehead atoms. The number of nitrogens with one attached hydrogen (secondary N) is 1. The molecule has 0 atom stereocenters. The van der Waals surface area contributed by atoms with Crippen LogP contribution < -0.4 is 5.32 Å². The standard InChI is InChI=1S/C12H16ClNO/c1-7-5-8(2)10(4)12(9(7)3)14-11(15)6-13/h5H,6H2,1-4H3,(H,14,15). The van der Waals surface area contributed by atoms with Crippen molar-refractivity contribution in [2.24, 2.45) is 0 Å². The summed E-state index contributed by atoms with van der Waals surface area (Å²) < 4.78 is 0. The molecule has 3 heteroatoms. The van der Waals surface area contributed by atoms with Gasteiger partial charge >= 0.3 is 0 Å². The molecule has 1 N–H and O–H groups in total. The van der Waals surface area contributed by atoms with Crippen LogP contribution in [0.5, 0.6) is 0 Å². The molecule has 0 saturated carbocycles. The van der Waals surface area contributed by atoms with Gasteiger partial charge in [-0.25, -0.2) is 0 Å². The summed E-state index contributed by atoms with van der Waals surface area (Å²) >= 11 is 5.47. The third-order valence-corrected chi connectivity index (χ3v) is 2.99. The highest BCUT2D eigenvalue weighted by molar-refractivity contribution is 6.29. The molecule has 1 amide bonds. The molecule has 0 saturated heterocycles. The van der Waals surface area contributed by atoms with E-state index in [1.165, 1.54) is 11.1 Å². The third-order valence-electron chi connectivity index (χ3n) is 2.75. The third kappa shape index (κ3) is 2.51. The zero-order chi connectivity index (χ0) is 11.6. The number of carbonyl (C=O) groups excluding carboxylic acids is 1. The molecule has 0 aromatic heterocycles. The lowest BCUT2D eigenvalue weighted by Gasteiger charge is -2.15. The van der Waals surface area contributed by atoms with Gasteiger partial charge < -0.3 is 5.32 Å². The maximum Gasteiger partial charge on any atom is 0.239 e. The van der Waals surface area contributed by atoms with E-state index in [4.69, 9.17) is 11.6 Å². The lowest BCUT2D eigenvalue weighted by atomic mass is 9.99. The first-order chi connectivity index (χ1) is 6.97. The Labute approximate surface area is 95.6 Å². The largest absolute Gasteiger partial charge is 0.325 e. The Morgan fingerprint density at radius 2 is 1.67 bits per heavy atom. The Kier molecular flexibility index (Phi) is 3.75. The van der Waals surface area contributed by atoms with E-state index in [0.29, 0.717) is 0 Å². The molecule has 0 fully saturated rings. The van der Waals surface area contributed by atoms with Crippen molar-refractivity contribution in [3.05, 3.63) is 28.3 Å². The number of benzene rings is 1. The van der Waals surface area contributed by atoms with Crippen molar-refractivity contribution in [2.75, 3.05) is 11.2 Å². The minimum Gasteiger partial charge on any atom is -0.325 e. The summed E-state index contributed by atoms with van der Waals surface area (Å²) in [6.07, 6.45) is 0. The van der Waals surface area contributed by atoms with Crippen LogP contribution in [-0.2, 0) is 4.79 Å². The van der Waals surface area contributed by atoms with Crippen molar-refractivity contribution in [1.29, 1.82) is 0 Å². The van der Waals surface area contributed by atoms with E-state index in [9.17, 15) is 4.79 Å². The van der Waals surface area contributed by atoms with Crippen LogP contribution in [0.1, 0.15) is 22.3 Å². The zero-order valence-corrected chi connectivity index (χ0v) is 10.3. The van der Waals surface area contributed by atoms with Crippen molar-refractivity contribution in [3.63, 3.8) is 0 Å². The van der Waals surface area contributed by atoms with Crippen LogP contribution in [0.2, 0.25) is 0 Å². The van der Waals surface area contributed by atoms with E-state index >= 15 is 0 Å². The lowest BCUT2D eigenvalue weighted by molar-refractivity contribution is -0.113. The average molecular weight is 226 g/mol. The zero-order valence-electron chi connectivity index (χ0n) is 9.57. The van der Waals surface area contributed by atoms with Gasteiger partial charge in [-0.05, 0) is 49.9 Å². The molecular formula is C12H16ClNO. The molecule has 0 spiro atoms. The predicted molar refractivity (Wildman–Crippen MR) is 64.7 cm³/mol. The minimum absolute atomic E-state index is 0.00807. The number of aryl methyl sites for hydroxylation is 2. The fraction of sp³-hybridized carbons (Fsp3) is 0.417. The molecule has 1 aromatic carbocycles. The van der Waals surface area contributed by atoms with Gasteiger partial charge in [0.05, 0.1) is 0 Å². The van der Waals surface area contributed by atoms with Crippen LogP contribution in [0.4, 0.5) is 5.69 Å². The van der Waals surface area contributed by atoms with Gasteiger partial charge in [-0.1, -0.05) is 6.07 Å². The normalized spacial score (nSPS) is 10.2.